The van der Waals surface area contributed by atoms with Crippen LogP contribution in [0.25, 0.3) is 0 Å². The van der Waals surface area contributed by atoms with Gasteiger partial charge in [0.1, 0.15) is 0 Å². The number of rotatable bonds is 5. The maximum atomic E-state index is 12.3. The molecule has 0 bridgehead atoms. The zero-order chi connectivity index (χ0) is 16.2. The van der Waals surface area contributed by atoms with E-state index >= 15 is 0 Å². The van der Waals surface area contributed by atoms with Crippen molar-refractivity contribution >= 4 is 22.4 Å². The first-order valence-electron chi connectivity index (χ1n) is 7.03. The molecule has 22 heavy (non-hydrogen) atoms. The Morgan fingerprint density at radius 3 is 2.73 bits per heavy atom. The highest BCUT2D eigenvalue weighted by Crippen LogP contribution is 2.24. The minimum absolute atomic E-state index is 0.0211. The number of alkyl halides is 3. The smallest absolute Gasteiger partial charge is 0.396 e. The van der Waals surface area contributed by atoms with Gasteiger partial charge in [-0.25, -0.2) is 4.98 Å². The van der Waals surface area contributed by atoms with Crippen molar-refractivity contribution in [1.82, 2.24) is 9.88 Å². The van der Waals surface area contributed by atoms with Gasteiger partial charge in [0.2, 0.25) is 5.91 Å². The number of carbonyl (C=O) groups is 1. The molecule has 9 heteroatoms. The molecule has 0 spiro atoms. The van der Waals surface area contributed by atoms with Gasteiger partial charge in [-0.15, -0.1) is 11.3 Å². The van der Waals surface area contributed by atoms with E-state index < -0.39 is 12.7 Å². The molecule has 2 N–H and O–H groups in total. The van der Waals surface area contributed by atoms with Crippen LogP contribution in [0, 0.1) is 5.92 Å². The highest BCUT2D eigenvalue weighted by molar-refractivity contribution is 7.15. The number of halogens is 3. The van der Waals surface area contributed by atoms with Crippen LogP contribution in [0.3, 0.4) is 0 Å². The monoisotopic (exact) mass is 337 g/mol. The normalized spacial score (nSPS) is 17.6. The number of amides is 1. The van der Waals surface area contributed by atoms with Crippen molar-refractivity contribution in [3.63, 3.8) is 0 Å². The van der Waals surface area contributed by atoms with E-state index in [9.17, 15) is 18.0 Å². The summed E-state index contributed by atoms with van der Waals surface area (Å²) in [5.41, 5.74) is 0. The van der Waals surface area contributed by atoms with Gasteiger partial charge < -0.3 is 10.4 Å². The number of hydrogen-bond acceptors (Lipinski definition) is 5. The number of likely N-dealkylation sites (tertiary alicyclic amines) is 1. The van der Waals surface area contributed by atoms with Crippen molar-refractivity contribution in [3.05, 3.63) is 11.1 Å². The fraction of sp³-hybridized carbons (Fsp3) is 0.692. The molecule has 1 aliphatic rings. The molecule has 1 aromatic rings. The molecule has 1 fully saturated rings. The predicted molar refractivity (Wildman–Crippen MR) is 76.8 cm³/mol. The molecule has 0 saturated carbocycles. The SMILES string of the molecule is O=C(Nc1ncc(CCO)s1)C1CCN(CC(F)(F)F)CC1. The van der Waals surface area contributed by atoms with Crippen LogP contribution in [-0.4, -0.2) is 53.3 Å². The lowest BCUT2D eigenvalue weighted by molar-refractivity contribution is -0.149. The Bertz CT molecular complexity index is 499. The number of aliphatic hydroxyl groups is 1. The maximum absolute atomic E-state index is 12.3. The number of nitrogens with one attached hydrogen (secondary N) is 1. The molecule has 124 valence electrons. The Hall–Kier alpha value is -1.19. The van der Waals surface area contributed by atoms with Crippen LogP contribution in [0.4, 0.5) is 18.3 Å². The van der Waals surface area contributed by atoms with Gasteiger partial charge in [-0.2, -0.15) is 13.2 Å². The quantitative estimate of drug-likeness (QED) is 0.861. The van der Waals surface area contributed by atoms with E-state index in [1.807, 2.05) is 0 Å². The summed E-state index contributed by atoms with van der Waals surface area (Å²) in [7, 11) is 0. The molecule has 2 heterocycles. The van der Waals surface area contributed by atoms with Gasteiger partial charge in [0.05, 0.1) is 6.54 Å². The van der Waals surface area contributed by atoms with E-state index in [1.54, 1.807) is 6.20 Å². The second-order valence-electron chi connectivity index (χ2n) is 5.26. The second kappa shape index (κ2) is 7.38. The number of aromatic nitrogens is 1. The van der Waals surface area contributed by atoms with E-state index in [2.05, 4.69) is 10.3 Å². The summed E-state index contributed by atoms with van der Waals surface area (Å²) < 4.78 is 36.9. The number of nitrogens with zero attached hydrogens (tertiary/aromatic N) is 2. The summed E-state index contributed by atoms with van der Waals surface area (Å²) in [6, 6.07) is 0. The Kier molecular flexibility index (Phi) is 5.76. The summed E-state index contributed by atoms with van der Waals surface area (Å²) in [4.78, 5) is 18.3. The van der Waals surface area contributed by atoms with E-state index in [4.69, 9.17) is 5.11 Å². The van der Waals surface area contributed by atoms with Gasteiger partial charge in [0.15, 0.2) is 5.13 Å². The lowest BCUT2D eigenvalue weighted by Crippen LogP contribution is -2.42. The first-order valence-corrected chi connectivity index (χ1v) is 7.84. The minimum Gasteiger partial charge on any atom is -0.396 e. The van der Waals surface area contributed by atoms with Crippen LogP contribution in [0.2, 0.25) is 0 Å². The zero-order valence-electron chi connectivity index (χ0n) is 11.9. The van der Waals surface area contributed by atoms with Gasteiger partial charge in [0.25, 0.3) is 0 Å². The number of aliphatic hydroxyl groups excluding tert-OH is 1. The molecule has 0 aliphatic carbocycles. The van der Waals surface area contributed by atoms with E-state index in [0.29, 0.717) is 24.4 Å². The van der Waals surface area contributed by atoms with Gasteiger partial charge in [0, 0.05) is 30.0 Å². The van der Waals surface area contributed by atoms with Crippen molar-refractivity contribution in [2.75, 3.05) is 31.6 Å². The fourth-order valence-electron chi connectivity index (χ4n) is 2.41. The average molecular weight is 337 g/mol. The Morgan fingerprint density at radius 2 is 2.14 bits per heavy atom. The van der Waals surface area contributed by atoms with Gasteiger partial charge in [-0.05, 0) is 25.9 Å². The third-order valence-electron chi connectivity index (χ3n) is 3.50. The second-order valence-corrected chi connectivity index (χ2v) is 6.38. The molecule has 1 aromatic heterocycles. The van der Waals surface area contributed by atoms with Crippen LogP contribution >= 0.6 is 11.3 Å². The predicted octanol–water partition coefficient (Wildman–Crippen LogP) is 1.89. The number of anilines is 1. The largest absolute Gasteiger partial charge is 0.401 e. The van der Waals surface area contributed by atoms with E-state index in [-0.39, 0.29) is 31.5 Å². The highest BCUT2D eigenvalue weighted by Gasteiger charge is 2.33. The zero-order valence-corrected chi connectivity index (χ0v) is 12.7. The van der Waals surface area contributed by atoms with Crippen LogP contribution < -0.4 is 5.32 Å². The number of carbonyl (C=O) groups excluding carboxylic acids is 1. The lowest BCUT2D eigenvalue weighted by atomic mass is 9.96. The fourth-order valence-corrected chi connectivity index (χ4v) is 3.21. The molecule has 0 radical (unpaired) electrons. The van der Waals surface area contributed by atoms with Gasteiger partial charge >= 0.3 is 6.18 Å². The van der Waals surface area contributed by atoms with Crippen LogP contribution in [0.15, 0.2) is 6.20 Å². The summed E-state index contributed by atoms with van der Waals surface area (Å²) in [5.74, 6) is -0.480. The standard InChI is InChI=1S/C13H18F3N3O2S/c14-13(15,16)8-19-4-1-9(2-5-19)11(21)18-12-17-7-10(22-12)3-6-20/h7,9,20H,1-6,8H2,(H,17,18,21). The molecule has 1 aliphatic heterocycles. The van der Waals surface area contributed by atoms with Crippen molar-refractivity contribution in [2.45, 2.75) is 25.4 Å². The van der Waals surface area contributed by atoms with Crippen LogP contribution in [-0.2, 0) is 11.2 Å². The number of hydrogen-bond donors (Lipinski definition) is 2. The van der Waals surface area contributed by atoms with Crippen molar-refractivity contribution in [3.8, 4) is 0 Å². The molecular weight excluding hydrogens is 319 g/mol. The maximum Gasteiger partial charge on any atom is 0.401 e. The number of thiazole rings is 1. The molecule has 0 aromatic carbocycles. The molecule has 2 rings (SSSR count). The van der Waals surface area contributed by atoms with E-state index in [0.717, 1.165) is 4.88 Å². The topological polar surface area (TPSA) is 65.5 Å². The first-order chi connectivity index (χ1) is 10.4. The average Bonchev–Trinajstić information content (AvgIpc) is 2.85. The lowest BCUT2D eigenvalue weighted by Gasteiger charge is -2.31. The third-order valence-corrected chi connectivity index (χ3v) is 4.48. The molecule has 5 nitrogen and oxygen atoms in total. The first kappa shape index (κ1) is 17.2. The number of piperidine rings is 1. The summed E-state index contributed by atoms with van der Waals surface area (Å²) in [6.07, 6.45) is -1.28. The molecular formula is C13H18F3N3O2S. The Balaban J connectivity index is 1.79. The van der Waals surface area contributed by atoms with Crippen LogP contribution in [0.1, 0.15) is 17.7 Å². The molecule has 0 unspecified atom stereocenters. The summed E-state index contributed by atoms with van der Waals surface area (Å²) in [6.45, 7) is -0.359. The van der Waals surface area contributed by atoms with Crippen molar-refractivity contribution < 1.29 is 23.1 Å². The van der Waals surface area contributed by atoms with Crippen molar-refractivity contribution in [2.24, 2.45) is 5.92 Å². The summed E-state index contributed by atoms with van der Waals surface area (Å²) >= 11 is 1.30. The Labute approximate surface area is 130 Å². The molecule has 1 saturated heterocycles. The van der Waals surface area contributed by atoms with Gasteiger partial charge in [-0.1, -0.05) is 0 Å². The highest BCUT2D eigenvalue weighted by atomic mass is 32.1. The Morgan fingerprint density at radius 1 is 1.45 bits per heavy atom. The third kappa shape index (κ3) is 5.22. The van der Waals surface area contributed by atoms with Gasteiger partial charge in [-0.3, -0.25) is 9.69 Å². The molecule has 0 atom stereocenters. The molecule has 1 amide bonds. The summed E-state index contributed by atoms with van der Waals surface area (Å²) in [5, 5.41) is 12.0. The van der Waals surface area contributed by atoms with Crippen LogP contribution in [0.5, 0.6) is 0 Å². The van der Waals surface area contributed by atoms with E-state index in [1.165, 1.54) is 16.2 Å². The van der Waals surface area contributed by atoms with Crippen molar-refractivity contribution in [1.29, 1.82) is 0 Å². The minimum atomic E-state index is -4.20.